The van der Waals surface area contributed by atoms with Crippen molar-refractivity contribution in [2.75, 3.05) is 20.6 Å². The molecule has 0 amide bonds. The molecule has 0 saturated heterocycles. The van der Waals surface area contributed by atoms with Crippen molar-refractivity contribution in [3.63, 3.8) is 0 Å². The highest BCUT2D eigenvalue weighted by atomic mass is 16.3. The van der Waals surface area contributed by atoms with Gasteiger partial charge in [0, 0.05) is 24.2 Å². The van der Waals surface area contributed by atoms with Crippen molar-refractivity contribution in [3.8, 4) is 5.75 Å². The van der Waals surface area contributed by atoms with Crippen LogP contribution in [0.4, 0.5) is 0 Å². The van der Waals surface area contributed by atoms with Gasteiger partial charge >= 0.3 is 0 Å². The lowest BCUT2D eigenvalue weighted by Gasteiger charge is -2.23. The first kappa shape index (κ1) is 14.0. The van der Waals surface area contributed by atoms with E-state index in [1.165, 1.54) is 0 Å². The molecule has 0 saturated carbocycles. The van der Waals surface area contributed by atoms with E-state index in [0.29, 0.717) is 11.8 Å². The minimum absolute atomic E-state index is 0.165. The second-order valence-corrected chi connectivity index (χ2v) is 5.00. The number of rotatable bonds is 5. The molecule has 0 radical (unpaired) electrons. The van der Waals surface area contributed by atoms with Gasteiger partial charge in [0.1, 0.15) is 5.75 Å². The van der Waals surface area contributed by atoms with Crippen LogP contribution in [0.5, 0.6) is 5.75 Å². The standard InChI is InChI=1S/C14H24N2O/c1-10-6-7-13(14(17)8-10)12(3)15-9-11(2)16(4)5/h6-8,11-12,15,17H,9H2,1-5H3. The lowest BCUT2D eigenvalue weighted by atomic mass is 10.0. The van der Waals surface area contributed by atoms with Crippen molar-refractivity contribution < 1.29 is 5.11 Å². The Hall–Kier alpha value is -1.06. The van der Waals surface area contributed by atoms with Crippen molar-refractivity contribution in [2.24, 2.45) is 0 Å². The number of phenolic OH excluding ortho intramolecular Hbond substituents is 1. The van der Waals surface area contributed by atoms with Crippen LogP contribution in [0.2, 0.25) is 0 Å². The van der Waals surface area contributed by atoms with Crippen LogP contribution in [0.3, 0.4) is 0 Å². The summed E-state index contributed by atoms with van der Waals surface area (Å²) in [5.41, 5.74) is 2.04. The van der Waals surface area contributed by atoms with E-state index in [1.54, 1.807) is 0 Å². The molecule has 96 valence electrons. The molecule has 0 aromatic heterocycles. The van der Waals surface area contributed by atoms with Crippen LogP contribution in [0.25, 0.3) is 0 Å². The van der Waals surface area contributed by atoms with Gasteiger partial charge in [-0.3, -0.25) is 0 Å². The SMILES string of the molecule is Cc1ccc(C(C)NCC(C)N(C)C)c(O)c1. The van der Waals surface area contributed by atoms with Crippen molar-refractivity contribution in [2.45, 2.75) is 32.9 Å². The zero-order valence-electron chi connectivity index (χ0n) is 11.5. The van der Waals surface area contributed by atoms with Gasteiger partial charge in [0.2, 0.25) is 0 Å². The Balaban J connectivity index is 2.61. The van der Waals surface area contributed by atoms with Gasteiger partial charge in [0.25, 0.3) is 0 Å². The van der Waals surface area contributed by atoms with Crippen molar-refractivity contribution in [1.29, 1.82) is 0 Å². The molecule has 2 unspecified atom stereocenters. The van der Waals surface area contributed by atoms with E-state index in [4.69, 9.17) is 0 Å². The number of hydrogen-bond acceptors (Lipinski definition) is 3. The van der Waals surface area contributed by atoms with Crippen LogP contribution in [0.15, 0.2) is 18.2 Å². The second kappa shape index (κ2) is 6.03. The average Bonchev–Trinajstić information content (AvgIpc) is 2.25. The summed E-state index contributed by atoms with van der Waals surface area (Å²) >= 11 is 0. The van der Waals surface area contributed by atoms with E-state index in [-0.39, 0.29) is 6.04 Å². The predicted molar refractivity (Wildman–Crippen MR) is 72.4 cm³/mol. The Kier molecular flexibility index (Phi) is 4.97. The van der Waals surface area contributed by atoms with Gasteiger partial charge in [-0.05, 0) is 46.5 Å². The van der Waals surface area contributed by atoms with Crippen molar-refractivity contribution >= 4 is 0 Å². The average molecular weight is 236 g/mol. The molecule has 1 aromatic rings. The number of aromatic hydroxyl groups is 1. The van der Waals surface area contributed by atoms with Crippen molar-refractivity contribution in [1.82, 2.24) is 10.2 Å². The fraction of sp³-hybridized carbons (Fsp3) is 0.571. The van der Waals surface area contributed by atoms with Crippen LogP contribution in [0, 0.1) is 6.92 Å². The van der Waals surface area contributed by atoms with Crippen LogP contribution >= 0.6 is 0 Å². The first-order valence-electron chi connectivity index (χ1n) is 6.11. The number of benzene rings is 1. The molecule has 0 aliphatic heterocycles. The smallest absolute Gasteiger partial charge is 0.120 e. The van der Waals surface area contributed by atoms with Crippen molar-refractivity contribution in [3.05, 3.63) is 29.3 Å². The zero-order chi connectivity index (χ0) is 13.0. The number of phenols is 1. The van der Waals surface area contributed by atoms with Crippen LogP contribution in [-0.4, -0.2) is 36.7 Å². The first-order valence-corrected chi connectivity index (χ1v) is 6.11. The number of likely N-dealkylation sites (N-methyl/N-ethyl adjacent to an activating group) is 1. The third kappa shape index (κ3) is 4.02. The molecule has 3 nitrogen and oxygen atoms in total. The normalized spacial score (nSPS) is 14.9. The maximum Gasteiger partial charge on any atom is 0.120 e. The number of nitrogens with one attached hydrogen (secondary N) is 1. The van der Waals surface area contributed by atoms with E-state index in [0.717, 1.165) is 17.7 Å². The van der Waals surface area contributed by atoms with Crippen LogP contribution < -0.4 is 5.32 Å². The Bertz CT molecular complexity index is 363. The molecular formula is C14H24N2O. The fourth-order valence-corrected chi connectivity index (χ4v) is 1.66. The van der Waals surface area contributed by atoms with Gasteiger partial charge in [-0.2, -0.15) is 0 Å². The molecule has 0 bridgehead atoms. The van der Waals surface area contributed by atoms with Crippen LogP contribution in [-0.2, 0) is 0 Å². The van der Waals surface area contributed by atoms with E-state index in [9.17, 15) is 5.11 Å². The van der Waals surface area contributed by atoms with Gasteiger partial charge in [-0.15, -0.1) is 0 Å². The molecule has 0 aliphatic rings. The monoisotopic (exact) mass is 236 g/mol. The summed E-state index contributed by atoms with van der Waals surface area (Å²) in [6.07, 6.45) is 0. The van der Waals surface area contributed by atoms with E-state index < -0.39 is 0 Å². The molecule has 3 heteroatoms. The molecule has 2 atom stereocenters. The Morgan fingerprint density at radius 2 is 1.94 bits per heavy atom. The topological polar surface area (TPSA) is 35.5 Å². The lowest BCUT2D eigenvalue weighted by molar-refractivity contribution is 0.295. The molecule has 2 N–H and O–H groups in total. The minimum Gasteiger partial charge on any atom is -0.508 e. The molecule has 1 aromatic carbocycles. The van der Waals surface area contributed by atoms with Gasteiger partial charge < -0.3 is 15.3 Å². The van der Waals surface area contributed by atoms with Gasteiger partial charge in [-0.1, -0.05) is 12.1 Å². The zero-order valence-corrected chi connectivity index (χ0v) is 11.5. The number of aryl methyl sites for hydroxylation is 1. The maximum absolute atomic E-state index is 9.89. The molecule has 0 spiro atoms. The highest BCUT2D eigenvalue weighted by Gasteiger charge is 2.11. The predicted octanol–water partition coefficient (Wildman–Crippen LogP) is 2.30. The summed E-state index contributed by atoms with van der Waals surface area (Å²) < 4.78 is 0. The minimum atomic E-state index is 0.165. The highest BCUT2D eigenvalue weighted by Crippen LogP contribution is 2.24. The summed E-state index contributed by atoms with van der Waals surface area (Å²) in [7, 11) is 4.14. The summed E-state index contributed by atoms with van der Waals surface area (Å²) in [6.45, 7) is 7.14. The van der Waals surface area contributed by atoms with E-state index in [1.807, 2.05) is 25.1 Å². The maximum atomic E-state index is 9.89. The summed E-state index contributed by atoms with van der Waals surface area (Å²) in [4.78, 5) is 2.18. The quantitative estimate of drug-likeness (QED) is 0.823. The molecular weight excluding hydrogens is 212 g/mol. The number of nitrogens with zero attached hydrogens (tertiary/aromatic N) is 1. The lowest BCUT2D eigenvalue weighted by Crippen LogP contribution is -2.36. The third-order valence-corrected chi connectivity index (χ3v) is 3.25. The first-order chi connectivity index (χ1) is 7.91. The van der Waals surface area contributed by atoms with Gasteiger partial charge in [0.05, 0.1) is 0 Å². The van der Waals surface area contributed by atoms with E-state index >= 15 is 0 Å². The van der Waals surface area contributed by atoms with E-state index in [2.05, 4.69) is 38.2 Å². The fourth-order valence-electron chi connectivity index (χ4n) is 1.66. The Morgan fingerprint density at radius 1 is 1.29 bits per heavy atom. The molecule has 0 heterocycles. The van der Waals surface area contributed by atoms with Crippen LogP contribution in [0.1, 0.15) is 31.0 Å². The largest absolute Gasteiger partial charge is 0.508 e. The molecule has 17 heavy (non-hydrogen) atoms. The second-order valence-electron chi connectivity index (χ2n) is 5.00. The molecule has 0 aliphatic carbocycles. The molecule has 1 rings (SSSR count). The van der Waals surface area contributed by atoms with Gasteiger partial charge in [-0.25, -0.2) is 0 Å². The summed E-state index contributed by atoms with van der Waals surface area (Å²) in [5, 5.41) is 13.3. The highest BCUT2D eigenvalue weighted by molar-refractivity contribution is 5.37. The Labute approximate surface area is 104 Å². The van der Waals surface area contributed by atoms with Gasteiger partial charge in [0.15, 0.2) is 0 Å². The summed E-state index contributed by atoms with van der Waals surface area (Å²) in [5.74, 6) is 0.377. The molecule has 0 fully saturated rings. The third-order valence-electron chi connectivity index (χ3n) is 3.25. The Morgan fingerprint density at radius 3 is 2.47 bits per heavy atom. The summed E-state index contributed by atoms with van der Waals surface area (Å²) in [6, 6.07) is 6.47. The number of hydrogen-bond donors (Lipinski definition) is 2.